The minimum Gasteiger partial charge on any atom is -0.335 e. The van der Waals surface area contributed by atoms with Crippen LogP contribution in [0.1, 0.15) is 49.3 Å². The van der Waals surface area contributed by atoms with Gasteiger partial charge in [-0.15, -0.1) is 0 Å². The molecule has 0 aliphatic carbocycles. The van der Waals surface area contributed by atoms with E-state index in [1.165, 1.54) is 17.7 Å². The minimum absolute atomic E-state index is 0.149. The van der Waals surface area contributed by atoms with E-state index in [1.807, 2.05) is 4.90 Å². The molecule has 150 valence electrons. The lowest BCUT2D eigenvalue weighted by Gasteiger charge is -2.37. The van der Waals surface area contributed by atoms with E-state index in [4.69, 9.17) is 0 Å². The Bertz CT molecular complexity index is 762. The van der Waals surface area contributed by atoms with Crippen LogP contribution in [-0.4, -0.2) is 41.9 Å². The van der Waals surface area contributed by atoms with E-state index in [2.05, 4.69) is 50.1 Å². The number of carbonyl (C=O) groups is 1. The molecule has 0 bridgehead atoms. The van der Waals surface area contributed by atoms with Crippen LogP contribution in [0.15, 0.2) is 48.5 Å². The first kappa shape index (κ1) is 20.5. The number of halogens is 1. The van der Waals surface area contributed by atoms with E-state index in [0.29, 0.717) is 18.9 Å². The Kier molecular flexibility index (Phi) is 6.84. The van der Waals surface area contributed by atoms with Crippen LogP contribution in [0.5, 0.6) is 0 Å². The van der Waals surface area contributed by atoms with Gasteiger partial charge < -0.3 is 9.80 Å². The number of amides is 1. The second kappa shape index (κ2) is 9.33. The number of likely N-dealkylation sites (tertiary alicyclic amines) is 1. The summed E-state index contributed by atoms with van der Waals surface area (Å²) in [6.07, 6.45) is 2.37. The van der Waals surface area contributed by atoms with Crippen molar-refractivity contribution in [1.82, 2.24) is 9.80 Å². The molecule has 1 fully saturated rings. The van der Waals surface area contributed by atoms with E-state index in [9.17, 15) is 9.18 Å². The van der Waals surface area contributed by atoms with Gasteiger partial charge >= 0.3 is 0 Å². The van der Waals surface area contributed by atoms with Crippen molar-refractivity contribution in [1.29, 1.82) is 0 Å². The second-order valence-corrected chi connectivity index (χ2v) is 8.26. The molecule has 1 aliphatic heterocycles. The van der Waals surface area contributed by atoms with Gasteiger partial charge in [0.15, 0.2) is 0 Å². The molecule has 0 atom stereocenters. The normalized spacial score (nSPS) is 15.8. The number of nitrogens with zero attached hydrogens (tertiary/aromatic N) is 2. The quantitative estimate of drug-likeness (QED) is 0.728. The first-order valence-corrected chi connectivity index (χ1v) is 10.2. The minimum atomic E-state index is -0.244. The van der Waals surface area contributed by atoms with E-state index in [1.54, 1.807) is 12.1 Å². The third-order valence-corrected chi connectivity index (χ3v) is 5.72. The van der Waals surface area contributed by atoms with Crippen LogP contribution in [0.2, 0.25) is 0 Å². The standard InChI is InChI=1S/C24H31FN2O/c1-18(2)21-8-4-19(5-9-21)16-24(28)27(23-12-14-26(3)15-13-23)17-20-6-10-22(25)11-7-20/h4-11,18,23H,12-17H2,1-3H3. The Labute approximate surface area is 168 Å². The summed E-state index contributed by atoms with van der Waals surface area (Å²) in [7, 11) is 2.12. The Balaban J connectivity index is 1.74. The molecular weight excluding hydrogens is 351 g/mol. The Hall–Kier alpha value is -2.20. The molecule has 0 unspecified atom stereocenters. The maximum atomic E-state index is 13.3. The van der Waals surface area contributed by atoms with Crippen molar-refractivity contribution in [2.45, 2.75) is 51.6 Å². The highest BCUT2D eigenvalue weighted by atomic mass is 19.1. The summed E-state index contributed by atoms with van der Waals surface area (Å²) in [5, 5.41) is 0. The fourth-order valence-corrected chi connectivity index (χ4v) is 3.81. The Morgan fingerprint density at radius 1 is 1.04 bits per heavy atom. The number of rotatable bonds is 6. The summed E-state index contributed by atoms with van der Waals surface area (Å²) in [6, 6.07) is 15.1. The van der Waals surface area contributed by atoms with E-state index in [0.717, 1.165) is 37.1 Å². The largest absolute Gasteiger partial charge is 0.335 e. The Morgan fingerprint density at radius 2 is 1.61 bits per heavy atom. The van der Waals surface area contributed by atoms with Gasteiger partial charge in [-0.1, -0.05) is 50.2 Å². The highest BCUT2D eigenvalue weighted by Gasteiger charge is 2.27. The number of benzene rings is 2. The molecule has 1 aliphatic rings. The summed E-state index contributed by atoms with van der Waals surface area (Å²) in [4.78, 5) is 17.5. The molecule has 0 saturated carbocycles. The van der Waals surface area contributed by atoms with E-state index < -0.39 is 0 Å². The molecule has 3 nitrogen and oxygen atoms in total. The molecule has 0 radical (unpaired) electrons. The van der Waals surface area contributed by atoms with Crippen molar-refractivity contribution < 1.29 is 9.18 Å². The van der Waals surface area contributed by atoms with Crippen LogP contribution in [0.3, 0.4) is 0 Å². The van der Waals surface area contributed by atoms with Crippen molar-refractivity contribution in [2.75, 3.05) is 20.1 Å². The molecule has 1 saturated heterocycles. The van der Waals surface area contributed by atoms with Crippen molar-refractivity contribution >= 4 is 5.91 Å². The number of piperidine rings is 1. The van der Waals surface area contributed by atoms with Crippen LogP contribution >= 0.6 is 0 Å². The lowest BCUT2D eigenvalue weighted by Crippen LogP contribution is -2.46. The van der Waals surface area contributed by atoms with Crippen molar-refractivity contribution in [3.8, 4) is 0 Å². The Morgan fingerprint density at radius 3 is 2.18 bits per heavy atom. The third kappa shape index (κ3) is 5.41. The lowest BCUT2D eigenvalue weighted by molar-refractivity contribution is -0.134. The molecule has 4 heteroatoms. The van der Waals surface area contributed by atoms with Gasteiger partial charge in [0.1, 0.15) is 5.82 Å². The number of carbonyl (C=O) groups excluding carboxylic acids is 1. The highest BCUT2D eigenvalue weighted by molar-refractivity contribution is 5.79. The van der Waals surface area contributed by atoms with E-state index in [-0.39, 0.29) is 17.8 Å². The number of hydrogen-bond donors (Lipinski definition) is 0. The van der Waals surface area contributed by atoms with Crippen LogP contribution in [0.4, 0.5) is 4.39 Å². The first-order valence-electron chi connectivity index (χ1n) is 10.2. The van der Waals surface area contributed by atoms with Gasteiger partial charge in [0.05, 0.1) is 6.42 Å². The predicted octanol–water partition coefficient (Wildman–Crippen LogP) is 4.61. The zero-order valence-corrected chi connectivity index (χ0v) is 17.2. The van der Waals surface area contributed by atoms with Gasteiger partial charge in [-0.2, -0.15) is 0 Å². The average molecular weight is 383 g/mol. The smallest absolute Gasteiger partial charge is 0.227 e. The van der Waals surface area contributed by atoms with Crippen LogP contribution in [0, 0.1) is 5.82 Å². The molecule has 1 amide bonds. The zero-order chi connectivity index (χ0) is 20.1. The van der Waals surface area contributed by atoms with Gasteiger partial charge in [0.25, 0.3) is 0 Å². The first-order chi connectivity index (χ1) is 13.4. The molecular formula is C24H31FN2O. The molecule has 0 aromatic heterocycles. The van der Waals surface area contributed by atoms with Gasteiger partial charge in [-0.25, -0.2) is 4.39 Å². The van der Waals surface area contributed by atoms with Gasteiger partial charge in [-0.3, -0.25) is 4.79 Å². The van der Waals surface area contributed by atoms with Crippen molar-refractivity contribution in [3.63, 3.8) is 0 Å². The molecule has 2 aromatic rings. The fraction of sp³-hybridized carbons (Fsp3) is 0.458. The highest BCUT2D eigenvalue weighted by Crippen LogP contribution is 2.21. The van der Waals surface area contributed by atoms with Gasteiger partial charge in [0.2, 0.25) is 5.91 Å². The third-order valence-electron chi connectivity index (χ3n) is 5.72. The van der Waals surface area contributed by atoms with Gasteiger partial charge in [0, 0.05) is 12.6 Å². The summed E-state index contributed by atoms with van der Waals surface area (Å²) in [5.74, 6) is 0.390. The molecule has 0 N–H and O–H groups in total. The summed E-state index contributed by atoms with van der Waals surface area (Å²) < 4.78 is 13.3. The number of hydrogen-bond acceptors (Lipinski definition) is 2. The van der Waals surface area contributed by atoms with Crippen LogP contribution < -0.4 is 0 Å². The molecule has 0 spiro atoms. The molecule has 1 heterocycles. The molecule has 3 rings (SSSR count). The topological polar surface area (TPSA) is 23.6 Å². The summed E-state index contributed by atoms with van der Waals surface area (Å²) in [5.41, 5.74) is 3.31. The SMILES string of the molecule is CC(C)c1ccc(CC(=O)N(Cc2ccc(F)cc2)C2CCN(C)CC2)cc1. The maximum absolute atomic E-state index is 13.3. The maximum Gasteiger partial charge on any atom is 0.227 e. The predicted molar refractivity (Wildman–Crippen MR) is 112 cm³/mol. The summed E-state index contributed by atoms with van der Waals surface area (Å²) in [6.45, 7) is 6.88. The van der Waals surface area contributed by atoms with Crippen LogP contribution in [0.25, 0.3) is 0 Å². The fourth-order valence-electron chi connectivity index (χ4n) is 3.81. The summed E-state index contributed by atoms with van der Waals surface area (Å²) >= 11 is 0. The van der Waals surface area contributed by atoms with Gasteiger partial charge in [-0.05, 0) is 67.7 Å². The monoisotopic (exact) mass is 382 g/mol. The molecule has 2 aromatic carbocycles. The van der Waals surface area contributed by atoms with Crippen molar-refractivity contribution in [3.05, 3.63) is 71.0 Å². The second-order valence-electron chi connectivity index (χ2n) is 8.26. The average Bonchev–Trinajstić information content (AvgIpc) is 2.68. The van der Waals surface area contributed by atoms with E-state index >= 15 is 0 Å². The molecule has 28 heavy (non-hydrogen) atoms. The zero-order valence-electron chi connectivity index (χ0n) is 17.2. The lowest BCUT2D eigenvalue weighted by atomic mass is 9.99. The van der Waals surface area contributed by atoms with Crippen molar-refractivity contribution in [2.24, 2.45) is 0 Å². The van der Waals surface area contributed by atoms with Crippen LogP contribution in [-0.2, 0) is 17.8 Å².